The predicted octanol–water partition coefficient (Wildman–Crippen LogP) is 11.2. The van der Waals surface area contributed by atoms with E-state index < -0.39 is 31.8 Å². The van der Waals surface area contributed by atoms with Gasteiger partial charge >= 0.3 is 15.6 Å². The molecule has 0 bridgehead atoms. The first-order valence-electron chi connectivity index (χ1n) is 19.6. The standard InChI is InChI=1S/C16H36O7P2.C16H36O4P2.C2H6O2.Ti/c1-3-5-7-9-11-13-15-21-25(20,23-24(17,18)19)22-16-14-12-10-8-6-4-2;1-3-5-7-9-11-13-15-19-22(21(17)18)20-16-14-12-10-8-6-4-2;3-1-2-4;/h3-16H2,1-2H3,(H2,17,18,19);17-18H,3-16H2,1-2H3;3-4H,1-2H2;. The normalized spacial score (nSPS) is 11.6. The number of hydrogen-bond donors (Lipinski definition) is 6. The molecule has 316 valence electrons. The molecule has 6 N–H and O–H groups in total. The maximum atomic E-state index is 12.3. The van der Waals surface area contributed by atoms with Gasteiger partial charge in [-0.2, -0.15) is 4.31 Å². The first kappa shape index (κ1) is 60.3. The zero-order valence-corrected chi connectivity index (χ0v) is 38.2. The molecule has 0 amide bonds. The van der Waals surface area contributed by atoms with Gasteiger partial charge in [-0.1, -0.05) is 156 Å². The summed E-state index contributed by atoms with van der Waals surface area (Å²) in [4.78, 5) is 36.5. The van der Waals surface area contributed by atoms with Gasteiger partial charge in [0.1, 0.15) is 0 Å². The molecule has 13 nitrogen and oxygen atoms in total. The molecule has 0 rings (SSSR count). The van der Waals surface area contributed by atoms with E-state index in [0.717, 1.165) is 77.0 Å². The Labute approximate surface area is 334 Å². The summed E-state index contributed by atoms with van der Waals surface area (Å²) >= 11 is 0. The number of unbranched alkanes of at least 4 members (excludes halogenated alkanes) is 20. The van der Waals surface area contributed by atoms with Crippen molar-refractivity contribution in [3.8, 4) is 0 Å². The molecule has 0 heterocycles. The summed E-state index contributed by atoms with van der Waals surface area (Å²) in [6, 6.07) is 0. The molecule has 0 aliphatic heterocycles. The molecule has 52 heavy (non-hydrogen) atoms. The summed E-state index contributed by atoms with van der Waals surface area (Å²) in [5, 5.41) is 15.2. The van der Waals surface area contributed by atoms with Crippen LogP contribution in [0.25, 0.3) is 0 Å². The Balaban J connectivity index is -0.000000396. The van der Waals surface area contributed by atoms with Crippen LogP contribution in [0.2, 0.25) is 0 Å². The summed E-state index contributed by atoms with van der Waals surface area (Å²) in [6.45, 7) is 9.80. The molecule has 0 radical (unpaired) electrons. The number of rotatable bonds is 36. The fourth-order valence-corrected chi connectivity index (χ4v) is 8.68. The minimum atomic E-state index is -4.94. The smallest absolute Gasteiger partial charge is 0.394 e. The van der Waals surface area contributed by atoms with Gasteiger partial charge in [-0.3, -0.25) is 9.05 Å². The summed E-state index contributed by atoms with van der Waals surface area (Å²) in [5.74, 6) is 0. The van der Waals surface area contributed by atoms with Crippen molar-refractivity contribution in [3.05, 3.63) is 0 Å². The quantitative estimate of drug-likeness (QED) is 0.0197. The number of aliphatic hydroxyl groups excluding tert-OH is 2. The topological polar surface area (TPSA) is 202 Å². The number of aliphatic hydroxyl groups is 2. The Hall–Kier alpha value is 1.59. The average molecular weight is 867 g/mol. The second-order valence-corrected chi connectivity index (χ2v) is 19.0. The first-order chi connectivity index (χ1) is 24.5. The molecule has 0 aliphatic carbocycles. The van der Waals surface area contributed by atoms with Crippen LogP contribution in [0.1, 0.15) is 182 Å². The SMILES string of the molecule is CCCCCCCCOP(=O)(OCCCCCCCC)OP(=O)(O)O.CCCCCCCCOP(OCCCCCCCC)P(O)O.OCCO.[Ti]. The fraction of sp³-hybridized carbons (Fsp3) is 1.00. The van der Waals surface area contributed by atoms with Gasteiger partial charge in [0.05, 0.1) is 39.6 Å². The van der Waals surface area contributed by atoms with E-state index in [0.29, 0.717) is 26.1 Å². The Morgan fingerprint density at radius 1 is 0.462 bits per heavy atom. The second-order valence-electron chi connectivity index (χ2n) is 12.4. The molecule has 18 heteroatoms. The van der Waals surface area contributed by atoms with Crippen LogP contribution in [0, 0.1) is 0 Å². The van der Waals surface area contributed by atoms with Crippen molar-refractivity contribution in [2.24, 2.45) is 0 Å². The van der Waals surface area contributed by atoms with Crippen molar-refractivity contribution in [2.75, 3.05) is 39.6 Å². The second kappa shape index (κ2) is 47.0. The van der Waals surface area contributed by atoms with E-state index in [-0.39, 0.29) is 48.1 Å². The van der Waals surface area contributed by atoms with Crippen molar-refractivity contribution in [1.29, 1.82) is 0 Å². The third-order valence-corrected chi connectivity index (χ3v) is 12.7. The van der Waals surface area contributed by atoms with Crippen molar-refractivity contribution in [3.63, 3.8) is 0 Å². The van der Waals surface area contributed by atoms with Crippen molar-refractivity contribution in [2.45, 2.75) is 182 Å². The van der Waals surface area contributed by atoms with E-state index in [4.69, 9.17) is 38.1 Å². The van der Waals surface area contributed by atoms with E-state index in [1.54, 1.807) is 0 Å². The van der Waals surface area contributed by atoms with Crippen LogP contribution >= 0.6 is 31.8 Å². The van der Waals surface area contributed by atoms with Gasteiger partial charge in [0.2, 0.25) is 0 Å². The summed E-state index contributed by atoms with van der Waals surface area (Å²) in [7, 11) is -12.8. The van der Waals surface area contributed by atoms with Crippen LogP contribution in [0.4, 0.5) is 0 Å². The van der Waals surface area contributed by atoms with Gasteiger partial charge in [0.25, 0.3) is 16.1 Å². The van der Waals surface area contributed by atoms with E-state index in [9.17, 15) is 18.9 Å². The zero-order chi connectivity index (χ0) is 38.9. The van der Waals surface area contributed by atoms with Crippen LogP contribution in [-0.4, -0.2) is 69.4 Å². The van der Waals surface area contributed by atoms with Crippen LogP contribution < -0.4 is 0 Å². The monoisotopic (exact) mass is 866 g/mol. The first-order valence-corrected chi connectivity index (χ1v) is 25.7. The molecule has 0 atom stereocenters. The molecule has 0 saturated heterocycles. The van der Waals surface area contributed by atoms with E-state index in [1.807, 2.05) is 0 Å². The minimum absolute atomic E-state index is 0. The van der Waals surface area contributed by atoms with Gasteiger partial charge in [0.15, 0.2) is 0 Å². The number of phosphoric ester groups is 1. The molecule has 0 unspecified atom stereocenters. The Bertz CT molecular complexity index is 729. The number of phosphoric acid groups is 2. The van der Waals surface area contributed by atoms with Gasteiger partial charge < -0.3 is 38.8 Å². The third-order valence-electron chi connectivity index (χ3n) is 7.35. The van der Waals surface area contributed by atoms with Gasteiger partial charge in [-0.05, 0) is 25.7 Å². The molecule has 0 saturated carbocycles. The van der Waals surface area contributed by atoms with Crippen LogP contribution in [-0.2, 0) is 53.3 Å². The summed E-state index contributed by atoms with van der Waals surface area (Å²) in [6.07, 6.45) is 26.6. The minimum Gasteiger partial charge on any atom is -0.394 e. The van der Waals surface area contributed by atoms with Crippen LogP contribution in [0.5, 0.6) is 0 Å². The molecular formula is C34H78O13P4Ti. The molecule has 0 fully saturated rings. The molecule has 0 aromatic carbocycles. The molecule has 0 aromatic heterocycles. The maximum absolute atomic E-state index is 12.3. The summed E-state index contributed by atoms with van der Waals surface area (Å²) < 4.78 is 48.8. The molecule has 0 aromatic rings. The Morgan fingerprint density at radius 2 is 0.731 bits per heavy atom. The van der Waals surface area contributed by atoms with Gasteiger partial charge in [0, 0.05) is 21.7 Å². The predicted molar refractivity (Wildman–Crippen MR) is 210 cm³/mol. The maximum Gasteiger partial charge on any atom is 0.483 e. The van der Waals surface area contributed by atoms with Crippen molar-refractivity contribution < 1.29 is 83.0 Å². The molecular weight excluding hydrogens is 788 g/mol. The largest absolute Gasteiger partial charge is 0.483 e. The van der Waals surface area contributed by atoms with Crippen molar-refractivity contribution >= 4 is 31.8 Å². The molecule has 0 aliphatic rings. The fourth-order valence-electron chi connectivity index (χ4n) is 4.52. The summed E-state index contributed by atoms with van der Waals surface area (Å²) in [5.41, 5.74) is 0. The number of hydrogen-bond acceptors (Lipinski definition) is 11. The van der Waals surface area contributed by atoms with Gasteiger partial charge in [-0.15, -0.1) is 0 Å². The van der Waals surface area contributed by atoms with E-state index >= 15 is 0 Å². The Kier molecular flexibility index (Phi) is 54.4. The molecule has 0 spiro atoms. The van der Waals surface area contributed by atoms with Crippen LogP contribution in [0.15, 0.2) is 0 Å². The van der Waals surface area contributed by atoms with Crippen molar-refractivity contribution in [1.82, 2.24) is 0 Å². The van der Waals surface area contributed by atoms with Crippen LogP contribution in [0.3, 0.4) is 0 Å². The van der Waals surface area contributed by atoms with Gasteiger partial charge in [-0.25, -0.2) is 9.13 Å². The zero-order valence-electron chi connectivity index (χ0n) is 33.0. The third kappa shape index (κ3) is 51.6. The van der Waals surface area contributed by atoms with E-state index in [2.05, 4.69) is 32.0 Å². The average Bonchev–Trinajstić information content (AvgIpc) is 3.08. The van der Waals surface area contributed by atoms with E-state index in [1.165, 1.54) is 64.2 Å². The Morgan fingerprint density at radius 3 is 0.981 bits per heavy atom.